The van der Waals surface area contributed by atoms with E-state index in [-0.39, 0.29) is 11.6 Å². The van der Waals surface area contributed by atoms with Crippen LogP contribution >= 0.6 is 11.6 Å². The van der Waals surface area contributed by atoms with Crippen LogP contribution in [0.1, 0.15) is 32.5 Å². The second-order valence-corrected chi connectivity index (χ2v) is 5.17. The van der Waals surface area contributed by atoms with Gasteiger partial charge in [-0.2, -0.15) is 5.10 Å². The molecular weight excluding hydrogens is 226 g/mol. The summed E-state index contributed by atoms with van der Waals surface area (Å²) in [5, 5.41) is 7.97. The Hall–Kier alpha value is -0.580. The fourth-order valence-electron chi connectivity index (χ4n) is 1.44. The molecule has 1 unspecified atom stereocenters. The number of ether oxygens (including phenoxy) is 1. The predicted molar refractivity (Wildman–Crippen MR) is 65.7 cm³/mol. The highest BCUT2D eigenvalue weighted by Gasteiger charge is 2.20. The molecule has 92 valence electrons. The number of aryl methyl sites for hydroxylation is 1. The molecule has 5 heteroatoms. The van der Waals surface area contributed by atoms with E-state index < -0.39 is 0 Å². The van der Waals surface area contributed by atoms with Gasteiger partial charge in [-0.1, -0.05) is 11.6 Å². The molecule has 1 rings (SSSR count). The molecule has 0 aromatic carbocycles. The number of rotatable bonds is 4. The van der Waals surface area contributed by atoms with Gasteiger partial charge in [0.25, 0.3) is 0 Å². The Morgan fingerprint density at radius 1 is 1.56 bits per heavy atom. The van der Waals surface area contributed by atoms with Gasteiger partial charge in [0.15, 0.2) is 0 Å². The first-order chi connectivity index (χ1) is 7.35. The molecule has 0 spiro atoms. The number of aromatic nitrogens is 2. The van der Waals surface area contributed by atoms with Gasteiger partial charge in [0.1, 0.15) is 0 Å². The Kier molecular flexibility index (Phi) is 4.35. The van der Waals surface area contributed by atoms with E-state index in [1.165, 1.54) is 0 Å². The summed E-state index contributed by atoms with van der Waals surface area (Å²) in [6, 6.07) is 0.0548. The van der Waals surface area contributed by atoms with E-state index in [1.807, 2.05) is 34.9 Å². The minimum absolute atomic E-state index is 0.0548. The van der Waals surface area contributed by atoms with Crippen molar-refractivity contribution in [2.45, 2.75) is 32.4 Å². The Morgan fingerprint density at radius 2 is 2.19 bits per heavy atom. The monoisotopic (exact) mass is 245 g/mol. The average Bonchev–Trinajstić information content (AvgIpc) is 2.48. The zero-order valence-corrected chi connectivity index (χ0v) is 11.3. The van der Waals surface area contributed by atoms with Crippen LogP contribution in [-0.2, 0) is 11.8 Å². The van der Waals surface area contributed by atoms with Crippen LogP contribution in [0.25, 0.3) is 0 Å². The Bertz CT molecular complexity index is 324. The molecule has 0 saturated carbocycles. The van der Waals surface area contributed by atoms with Gasteiger partial charge < -0.3 is 10.1 Å². The molecule has 1 aromatic heterocycles. The quantitative estimate of drug-likeness (QED) is 0.884. The number of hydrogen-bond acceptors (Lipinski definition) is 3. The van der Waals surface area contributed by atoms with E-state index in [9.17, 15) is 0 Å². The minimum atomic E-state index is -0.153. The van der Waals surface area contributed by atoms with E-state index >= 15 is 0 Å². The van der Waals surface area contributed by atoms with Crippen molar-refractivity contribution in [1.82, 2.24) is 15.1 Å². The lowest BCUT2D eigenvalue weighted by Crippen LogP contribution is -2.29. The minimum Gasteiger partial charge on any atom is -0.374 e. The molecule has 16 heavy (non-hydrogen) atoms. The Morgan fingerprint density at radius 3 is 2.56 bits per heavy atom. The van der Waals surface area contributed by atoms with Crippen LogP contribution in [-0.4, -0.2) is 29.0 Å². The van der Waals surface area contributed by atoms with E-state index in [2.05, 4.69) is 10.4 Å². The summed E-state index contributed by atoms with van der Waals surface area (Å²) in [5.74, 6) is 0. The van der Waals surface area contributed by atoms with Gasteiger partial charge in [-0.25, -0.2) is 0 Å². The molecule has 1 heterocycles. The number of likely N-dealkylation sites (N-methyl/N-ethyl adjacent to an activating group) is 1. The SMILES string of the molecule is CNC(COC(C)(C)C)c1c(Cl)cnn1C. The number of halogens is 1. The van der Waals surface area contributed by atoms with Crippen LogP contribution in [0.5, 0.6) is 0 Å². The van der Waals surface area contributed by atoms with E-state index in [0.29, 0.717) is 11.6 Å². The predicted octanol–water partition coefficient (Wildman–Crippen LogP) is 2.15. The van der Waals surface area contributed by atoms with Crippen LogP contribution in [0.4, 0.5) is 0 Å². The Balaban J connectivity index is 2.75. The molecule has 0 amide bonds. The summed E-state index contributed by atoms with van der Waals surface area (Å²) in [6.45, 7) is 6.67. The van der Waals surface area contributed by atoms with Crippen molar-refractivity contribution in [2.24, 2.45) is 7.05 Å². The van der Waals surface area contributed by atoms with Crippen LogP contribution < -0.4 is 5.32 Å². The lowest BCUT2D eigenvalue weighted by molar-refractivity contribution is -0.0148. The molecule has 1 aromatic rings. The maximum Gasteiger partial charge on any atom is 0.0834 e. The Labute approximate surface area is 102 Å². The van der Waals surface area contributed by atoms with Crippen molar-refractivity contribution >= 4 is 11.6 Å². The van der Waals surface area contributed by atoms with Crippen molar-refractivity contribution in [3.8, 4) is 0 Å². The second-order valence-electron chi connectivity index (χ2n) is 4.77. The molecule has 0 aliphatic heterocycles. The van der Waals surface area contributed by atoms with E-state index in [1.54, 1.807) is 10.9 Å². The first-order valence-corrected chi connectivity index (χ1v) is 5.71. The number of nitrogens with zero attached hydrogens (tertiary/aromatic N) is 2. The molecule has 1 atom stereocenters. The third-order valence-electron chi connectivity index (χ3n) is 2.30. The van der Waals surface area contributed by atoms with Crippen LogP contribution in [0, 0.1) is 0 Å². The smallest absolute Gasteiger partial charge is 0.0834 e. The van der Waals surface area contributed by atoms with Crippen molar-refractivity contribution < 1.29 is 4.74 Å². The second kappa shape index (κ2) is 5.17. The first kappa shape index (κ1) is 13.5. The topological polar surface area (TPSA) is 39.1 Å². The van der Waals surface area contributed by atoms with Crippen molar-refractivity contribution in [2.75, 3.05) is 13.7 Å². The third-order valence-corrected chi connectivity index (χ3v) is 2.59. The lowest BCUT2D eigenvalue weighted by atomic mass is 10.1. The standard InChI is InChI=1S/C11H20ClN3O/c1-11(2,3)16-7-9(13-4)10-8(12)6-14-15(10)5/h6,9,13H,7H2,1-5H3. The summed E-state index contributed by atoms with van der Waals surface area (Å²) >= 11 is 6.09. The molecule has 0 aliphatic rings. The van der Waals surface area contributed by atoms with Gasteiger partial charge in [0, 0.05) is 7.05 Å². The molecule has 0 saturated heterocycles. The molecule has 1 N–H and O–H groups in total. The fraction of sp³-hybridized carbons (Fsp3) is 0.727. The maximum absolute atomic E-state index is 6.09. The summed E-state index contributed by atoms with van der Waals surface area (Å²) < 4.78 is 7.53. The van der Waals surface area contributed by atoms with Crippen molar-refractivity contribution in [3.05, 3.63) is 16.9 Å². The van der Waals surface area contributed by atoms with Gasteiger partial charge in [-0.05, 0) is 27.8 Å². The van der Waals surface area contributed by atoms with Crippen LogP contribution in [0.15, 0.2) is 6.20 Å². The summed E-state index contributed by atoms with van der Waals surface area (Å²) in [6.07, 6.45) is 1.65. The van der Waals surface area contributed by atoms with Gasteiger partial charge in [0.05, 0.1) is 35.2 Å². The van der Waals surface area contributed by atoms with Crippen LogP contribution in [0.3, 0.4) is 0 Å². The number of nitrogens with one attached hydrogen (secondary N) is 1. The molecular formula is C11H20ClN3O. The first-order valence-electron chi connectivity index (χ1n) is 5.34. The summed E-state index contributed by atoms with van der Waals surface area (Å²) in [4.78, 5) is 0. The summed E-state index contributed by atoms with van der Waals surface area (Å²) in [7, 11) is 3.77. The van der Waals surface area contributed by atoms with Gasteiger partial charge >= 0.3 is 0 Å². The highest BCUT2D eigenvalue weighted by atomic mass is 35.5. The summed E-state index contributed by atoms with van der Waals surface area (Å²) in [5.41, 5.74) is 0.800. The van der Waals surface area contributed by atoms with Crippen molar-refractivity contribution in [3.63, 3.8) is 0 Å². The zero-order chi connectivity index (χ0) is 12.3. The van der Waals surface area contributed by atoms with Gasteiger partial charge in [0.2, 0.25) is 0 Å². The normalized spacial score (nSPS) is 14.1. The van der Waals surface area contributed by atoms with Gasteiger partial charge in [-0.15, -0.1) is 0 Å². The fourth-order valence-corrected chi connectivity index (χ4v) is 1.74. The lowest BCUT2D eigenvalue weighted by Gasteiger charge is -2.24. The van der Waals surface area contributed by atoms with Crippen molar-refractivity contribution in [1.29, 1.82) is 0 Å². The third kappa shape index (κ3) is 3.47. The highest BCUT2D eigenvalue weighted by molar-refractivity contribution is 6.31. The molecule has 0 radical (unpaired) electrons. The molecule has 0 bridgehead atoms. The highest BCUT2D eigenvalue weighted by Crippen LogP contribution is 2.23. The number of hydrogen-bond donors (Lipinski definition) is 1. The van der Waals surface area contributed by atoms with E-state index in [0.717, 1.165) is 5.69 Å². The van der Waals surface area contributed by atoms with Crippen LogP contribution in [0.2, 0.25) is 5.02 Å². The maximum atomic E-state index is 6.09. The molecule has 0 aliphatic carbocycles. The molecule has 4 nitrogen and oxygen atoms in total. The average molecular weight is 246 g/mol. The largest absolute Gasteiger partial charge is 0.374 e. The molecule has 0 fully saturated rings. The van der Waals surface area contributed by atoms with E-state index in [4.69, 9.17) is 16.3 Å². The zero-order valence-electron chi connectivity index (χ0n) is 10.5. The van der Waals surface area contributed by atoms with Gasteiger partial charge in [-0.3, -0.25) is 4.68 Å².